The lowest BCUT2D eigenvalue weighted by molar-refractivity contribution is -0.154. The summed E-state index contributed by atoms with van der Waals surface area (Å²) in [5.74, 6) is -0.228. The van der Waals surface area contributed by atoms with Gasteiger partial charge in [0.05, 0.1) is 0 Å². The normalized spacial score (nSPS) is 25.9. The molecule has 3 atom stereocenters. The first-order valence-corrected chi connectivity index (χ1v) is 7.53. The number of hydrogen-bond donors (Lipinski definition) is 0. The Balaban J connectivity index is 1.92. The highest BCUT2D eigenvalue weighted by molar-refractivity contribution is 7.75. The zero-order valence-electron chi connectivity index (χ0n) is 11.5. The monoisotopic (exact) mass is 298 g/mol. The third kappa shape index (κ3) is 4.13. The molecular formula is C14H18O5S. The lowest BCUT2D eigenvalue weighted by Crippen LogP contribution is -2.33. The summed E-state index contributed by atoms with van der Waals surface area (Å²) in [5.41, 5.74) is 0.890. The van der Waals surface area contributed by atoms with E-state index in [1.54, 1.807) is 0 Å². The summed E-state index contributed by atoms with van der Waals surface area (Å²) in [5, 5.41) is 0. The second-order valence-electron chi connectivity index (χ2n) is 5.08. The van der Waals surface area contributed by atoms with Crippen LogP contribution in [0.2, 0.25) is 0 Å². The number of carbonyl (C=O) groups excluding carboxylic acids is 1. The number of hydrogen-bond acceptors (Lipinski definition) is 5. The Labute approximate surface area is 121 Å². The Morgan fingerprint density at radius 1 is 1.30 bits per heavy atom. The lowest BCUT2D eigenvalue weighted by Gasteiger charge is -2.15. The van der Waals surface area contributed by atoms with Gasteiger partial charge in [-0.25, -0.2) is 4.79 Å². The van der Waals surface area contributed by atoms with Crippen molar-refractivity contribution in [1.29, 1.82) is 0 Å². The Morgan fingerprint density at radius 2 is 2.00 bits per heavy atom. The van der Waals surface area contributed by atoms with Crippen molar-refractivity contribution in [2.75, 3.05) is 0 Å². The molecular weight excluding hydrogens is 280 g/mol. The minimum Gasteiger partial charge on any atom is -0.459 e. The van der Waals surface area contributed by atoms with Crippen molar-refractivity contribution in [2.24, 2.45) is 5.92 Å². The van der Waals surface area contributed by atoms with Crippen molar-refractivity contribution in [2.45, 2.75) is 39.1 Å². The summed E-state index contributed by atoms with van der Waals surface area (Å²) < 4.78 is 26.6. The summed E-state index contributed by atoms with van der Waals surface area (Å²) in [6.45, 7) is 4.16. The second kappa shape index (κ2) is 6.97. The first-order valence-electron chi connectivity index (χ1n) is 6.53. The van der Waals surface area contributed by atoms with Crippen LogP contribution in [0.3, 0.4) is 0 Å². The fourth-order valence-corrected chi connectivity index (χ4v) is 2.75. The van der Waals surface area contributed by atoms with Crippen molar-refractivity contribution >= 4 is 17.3 Å². The predicted octanol–water partition coefficient (Wildman–Crippen LogP) is 2.14. The summed E-state index contributed by atoms with van der Waals surface area (Å²) in [6, 6.07) is 9.36. The molecule has 110 valence electrons. The highest BCUT2D eigenvalue weighted by Crippen LogP contribution is 2.24. The number of ether oxygens (including phenoxy) is 1. The highest BCUT2D eigenvalue weighted by Gasteiger charge is 2.41. The van der Waals surface area contributed by atoms with E-state index in [-0.39, 0.29) is 6.61 Å². The van der Waals surface area contributed by atoms with E-state index in [2.05, 4.69) is 0 Å². The fraction of sp³-hybridized carbons (Fsp3) is 0.500. The average Bonchev–Trinajstić information content (AvgIpc) is 2.77. The molecule has 1 saturated heterocycles. The van der Waals surface area contributed by atoms with Crippen molar-refractivity contribution in [1.82, 2.24) is 0 Å². The maximum atomic E-state index is 12.0. The predicted molar refractivity (Wildman–Crippen MR) is 73.6 cm³/mol. The van der Waals surface area contributed by atoms with Crippen LogP contribution in [0.5, 0.6) is 0 Å². The molecule has 1 heterocycles. The molecule has 5 nitrogen and oxygen atoms in total. The third-order valence-corrected chi connectivity index (χ3v) is 3.65. The molecule has 0 N–H and O–H groups in total. The molecule has 0 aromatic heterocycles. The molecule has 1 aliphatic rings. The van der Waals surface area contributed by atoms with Gasteiger partial charge in [0.1, 0.15) is 12.7 Å². The molecule has 1 unspecified atom stereocenters. The first-order chi connectivity index (χ1) is 9.56. The molecule has 0 aliphatic carbocycles. The Kier molecular flexibility index (Phi) is 5.28. The van der Waals surface area contributed by atoms with Crippen LogP contribution in [0.1, 0.15) is 25.8 Å². The van der Waals surface area contributed by atoms with Crippen LogP contribution in [0.25, 0.3) is 0 Å². The number of carbonyl (C=O) groups is 1. The van der Waals surface area contributed by atoms with Crippen LogP contribution in [0.4, 0.5) is 0 Å². The molecule has 20 heavy (non-hydrogen) atoms. The van der Waals surface area contributed by atoms with Crippen LogP contribution < -0.4 is 0 Å². The fourth-order valence-electron chi connectivity index (χ4n) is 1.95. The minimum atomic E-state index is -1.87. The van der Waals surface area contributed by atoms with E-state index >= 15 is 0 Å². The van der Waals surface area contributed by atoms with Gasteiger partial charge in [-0.05, 0) is 17.9 Å². The second-order valence-corrected chi connectivity index (χ2v) is 5.87. The molecule has 0 radical (unpaired) electrons. The maximum absolute atomic E-state index is 12.0. The largest absolute Gasteiger partial charge is 0.459 e. The molecule has 1 aliphatic heterocycles. The van der Waals surface area contributed by atoms with Crippen LogP contribution in [-0.2, 0) is 35.9 Å². The minimum absolute atomic E-state index is 0.167. The van der Waals surface area contributed by atoms with Gasteiger partial charge in [0.15, 0.2) is 0 Å². The van der Waals surface area contributed by atoms with Crippen molar-refractivity contribution in [3.8, 4) is 0 Å². The average molecular weight is 298 g/mol. The van der Waals surface area contributed by atoms with E-state index in [4.69, 9.17) is 13.1 Å². The van der Waals surface area contributed by atoms with Gasteiger partial charge in [-0.3, -0.25) is 8.37 Å². The molecule has 0 saturated carbocycles. The van der Waals surface area contributed by atoms with Gasteiger partial charge in [0, 0.05) is 0 Å². The summed E-state index contributed by atoms with van der Waals surface area (Å²) in [7, 11) is 0. The Hall–Kier alpha value is -1.24. The van der Waals surface area contributed by atoms with E-state index in [1.165, 1.54) is 0 Å². The van der Waals surface area contributed by atoms with E-state index in [0.717, 1.165) is 5.56 Å². The van der Waals surface area contributed by atoms with E-state index < -0.39 is 29.5 Å². The standard InChI is InChI=1S/C14H18O5S/c1-10(2)8-12-13(19-20(16)18-12)14(15)17-9-11-6-4-3-5-7-11/h3-7,10,12-13H,8-9H2,1-2H3/t12-,13+,20?/m0/s1. The van der Waals surface area contributed by atoms with Gasteiger partial charge in [-0.2, -0.15) is 4.21 Å². The van der Waals surface area contributed by atoms with Crippen LogP contribution >= 0.6 is 0 Å². The van der Waals surface area contributed by atoms with Crippen LogP contribution in [0.15, 0.2) is 30.3 Å². The Morgan fingerprint density at radius 3 is 2.65 bits per heavy atom. The summed E-state index contributed by atoms with van der Waals surface area (Å²) in [4.78, 5) is 12.0. The van der Waals surface area contributed by atoms with Gasteiger partial charge in [0.2, 0.25) is 6.10 Å². The summed E-state index contributed by atoms with van der Waals surface area (Å²) in [6.07, 6.45) is -0.835. The van der Waals surface area contributed by atoms with Gasteiger partial charge in [0.25, 0.3) is 0 Å². The van der Waals surface area contributed by atoms with Gasteiger partial charge < -0.3 is 4.74 Å². The first kappa shape index (κ1) is 15.2. The molecule has 0 spiro atoms. The number of esters is 1. The SMILES string of the molecule is CC(C)C[C@@H]1OS(=O)O[C@H]1C(=O)OCc1ccccc1. The quantitative estimate of drug-likeness (QED) is 0.779. The van der Waals surface area contributed by atoms with E-state index in [0.29, 0.717) is 12.3 Å². The molecule has 1 fully saturated rings. The van der Waals surface area contributed by atoms with E-state index in [9.17, 15) is 9.00 Å². The van der Waals surface area contributed by atoms with Gasteiger partial charge in [-0.1, -0.05) is 44.2 Å². The van der Waals surface area contributed by atoms with Gasteiger partial charge in [-0.15, -0.1) is 0 Å². The summed E-state index contributed by atoms with van der Waals surface area (Å²) >= 11 is -1.87. The van der Waals surface area contributed by atoms with E-state index in [1.807, 2.05) is 44.2 Å². The molecule has 6 heteroatoms. The molecule has 2 rings (SSSR count). The molecule has 1 aromatic rings. The smallest absolute Gasteiger partial charge is 0.339 e. The van der Waals surface area contributed by atoms with Crippen molar-refractivity contribution in [3.63, 3.8) is 0 Å². The zero-order chi connectivity index (χ0) is 14.5. The highest BCUT2D eigenvalue weighted by atomic mass is 32.2. The van der Waals surface area contributed by atoms with Crippen LogP contribution in [-0.4, -0.2) is 22.4 Å². The zero-order valence-corrected chi connectivity index (χ0v) is 12.3. The topological polar surface area (TPSA) is 61.8 Å². The number of benzene rings is 1. The molecule has 0 amide bonds. The third-order valence-electron chi connectivity index (χ3n) is 2.88. The van der Waals surface area contributed by atoms with Crippen molar-refractivity contribution < 1.29 is 22.1 Å². The lowest BCUT2D eigenvalue weighted by atomic mass is 10.0. The van der Waals surface area contributed by atoms with Crippen LogP contribution in [0, 0.1) is 5.92 Å². The Bertz CT molecular complexity index is 474. The molecule has 0 bridgehead atoms. The van der Waals surface area contributed by atoms with Crippen molar-refractivity contribution in [3.05, 3.63) is 35.9 Å². The van der Waals surface area contributed by atoms with Gasteiger partial charge >= 0.3 is 17.3 Å². The maximum Gasteiger partial charge on any atom is 0.339 e. The molecule has 1 aromatic carbocycles. The number of rotatable bonds is 5.